The number of azide groups is 1. The molecule has 0 radical (unpaired) electrons. The van der Waals surface area contributed by atoms with Crippen molar-refractivity contribution in [2.75, 3.05) is 6.61 Å². The van der Waals surface area contributed by atoms with Gasteiger partial charge in [0.25, 0.3) is 0 Å². The molecule has 2 aromatic carbocycles. The van der Waals surface area contributed by atoms with E-state index >= 15 is 0 Å². The zero-order chi connectivity index (χ0) is 18.2. The van der Waals surface area contributed by atoms with Crippen LogP contribution in [0.2, 0.25) is 0 Å². The van der Waals surface area contributed by atoms with Crippen molar-refractivity contribution in [3.05, 3.63) is 82.2 Å². The monoisotopic (exact) mass is 355 g/mol. The number of alkyl halides is 1. The summed E-state index contributed by atoms with van der Waals surface area (Å²) in [7, 11) is 0. The third-order valence-corrected chi connectivity index (χ3v) is 4.62. The highest BCUT2D eigenvalue weighted by molar-refractivity contribution is 5.14. The SMILES string of the molecule is [N-]=[N+]=N[C@@H]1C[C@H](COCc2ccccc2)[C@@H](F)[C@H]1OCc1ccccc1. The van der Waals surface area contributed by atoms with E-state index in [1.54, 1.807) is 0 Å². The lowest BCUT2D eigenvalue weighted by Crippen LogP contribution is -2.30. The summed E-state index contributed by atoms with van der Waals surface area (Å²) in [4.78, 5) is 2.86. The second kappa shape index (κ2) is 9.34. The molecule has 0 heterocycles. The third kappa shape index (κ3) is 4.82. The Morgan fingerprint density at radius 1 is 1.00 bits per heavy atom. The van der Waals surface area contributed by atoms with Gasteiger partial charge in [-0.05, 0) is 23.1 Å². The fourth-order valence-electron chi connectivity index (χ4n) is 3.27. The summed E-state index contributed by atoms with van der Waals surface area (Å²) in [6.45, 7) is 1.01. The van der Waals surface area contributed by atoms with Gasteiger partial charge in [-0.3, -0.25) is 0 Å². The molecular formula is C20H22FN3O2. The lowest BCUT2D eigenvalue weighted by Gasteiger charge is -2.20. The highest BCUT2D eigenvalue weighted by atomic mass is 19.1. The molecule has 0 aliphatic heterocycles. The summed E-state index contributed by atoms with van der Waals surface area (Å²) in [5.74, 6) is -0.338. The van der Waals surface area contributed by atoms with Gasteiger partial charge in [0.1, 0.15) is 6.17 Å². The summed E-state index contributed by atoms with van der Waals surface area (Å²) < 4.78 is 26.3. The van der Waals surface area contributed by atoms with Gasteiger partial charge in [0.15, 0.2) is 0 Å². The molecule has 4 atom stereocenters. The first-order chi connectivity index (χ1) is 12.8. The molecule has 0 amide bonds. The van der Waals surface area contributed by atoms with Crippen LogP contribution in [0, 0.1) is 5.92 Å². The topological polar surface area (TPSA) is 67.2 Å². The van der Waals surface area contributed by atoms with E-state index in [0.717, 1.165) is 11.1 Å². The molecule has 136 valence electrons. The largest absolute Gasteiger partial charge is 0.376 e. The van der Waals surface area contributed by atoms with Crippen LogP contribution in [0.25, 0.3) is 10.4 Å². The van der Waals surface area contributed by atoms with Crippen molar-refractivity contribution >= 4 is 0 Å². The fourth-order valence-corrected chi connectivity index (χ4v) is 3.27. The van der Waals surface area contributed by atoms with Crippen molar-refractivity contribution < 1.29 is 13.9 Å². The van der Waals surface area contributed by atoms with E-state index in [4.69, 9.17) is 15.0 Å². The maximum Gasteiger partial charge on any atom is 0.132 e. The van der Waals surface area contributed by atoms with E-state index in [0.29, 0.717) is 19.6 Å². The van der Waals surface area contributed by atoms with Crippen LogP contribution in [0.3, 0.4) is 0 Å². The van der Waals surface area contributed by atoms with Crippen LogP contribution in [0.15, 0.2) is 65.8 Å². The van der Waals surface area contributed by atoms with Crippen molar-refractivity contribution in [3.63, 3.8) is 0 Å². The number of benzene rings is 2. The first kappa shape index (κ1) is 18.4. The molecule has 0 N–H and O–H groups in total. The summed E-state index contributed by atoms with van der Waals surface area (Å²) in [6, 6.07) is 18.8. The first-order valence-electron chi connectivity index (χ1n) is 8.73. The molecule has 2 aromatic rings. The summed E-state index contributed by atoms with van der Waals surface area (Å²) in [5, 5.41) is 3.74. The molecule has 0 bridgehead atoms. The fraction of sp³-hybridized carbons (Fsp3) is 0.400. The maximum atomic E-state index is 14.9. The number of ether oxygens (including phenoxy) is 2. The van der Waals surface area contributed by atoms with Crippen LogP contribution >= 0.6 is 0 Å². The lowest BCUT2D eigenvalue weighted by molar-refractivity contribution is -0.0231. The molecule has 0 spiro atoms. The Morgan fingerprint density at radius 3 is 2.23 bits per heavy atom. The predicted molar refractivity (Wildman–Crippen MR) is 97.1 cm³/mol. The average molecular weight is 355 g/mol. The number of nitrogens with zero attached hydrogens (tertiary/aromatic N) is 3. The Balaban J connectivity index is 1.55. The smallest absolute Gasteiger partial charge is 0.132 e. The van der Waals surface area contributed by atoms with Gasteiger partial charge >= 0.3 is 0 Å². The zero-order valence-corrected chi connectivity index (χ0v) is 14.4. The Labute approximate surface area is 152 Å². The maximum absolute atomic E-state index is 14.9. The Morgan fingerprint density at radius 2 is 1.62 bits per heavy atom. The standard InChI is InChI=1S/C20H22FN3O2/c21-19-17(14-25-12-15-7-3-1-4-8-15)11-18(23-24-22)20(19)26-13-16-9-5-2-6-10-16/h1-10,17-20H,11-14H2/t17-,18-,19-,20+/m1/s1. The van der Waals surface area contributed by atoms with Crippen molar-refractivity contribution in [3.8, 4) is 0 Å². The average Bonchev–Trinajstić information content (AvgIpc) is 2.97. The lowest BCUT2D eigenvalue weighted by atomic mass is 10.1. The van der Waals surface area contributed by atoms with Gasteiger partial charge in [0.05, 0.1) is 32.0 Å². The minimum Gasteiger partial charge on any atom is -0.376 e. The van der Waals surface area contributed by atoms with E-state index in [1.165, 1.54) is 0 Å². The molecule has 6 heteroatoms. The number of halogens is 1. The van der Waals surface area contributed by atoms with Crippen LogP contribution in [0.1, 0.15) is 17.5 Å². The summed E-state index contributed by atoms with van der Waals surface area (Å²) in [6.07, 6.45) is -1.53. The molecular weight excluding hydrogens is 333 g/mol. The van der Waals surface area contributed by atoms with Crippen molar-refractivity contribution in [2.24, 2.45) is 11.0 Å². The van der Waals surface area contributed by atoms with Crippen molar-refractivity contribution in [2.45, 2.75) is 38.0 Å². The zero-order valence-electron chi connectivity index (χ0n) is 14.4. The molecule has 1 saturated carbocycles. The molecule has 0 unspecified atom stereocenters. The van der Waals surface area contributed by atoms with E-state index in [1.807, 2.05) is 60.7 Å². The first-order valence-corrected chi connectivity index (χ1v) is 8.73. The number of hydrogen-bond acceptors (Lipinski definition) is 3. The molecule has 1 aliphatic carbocycles. The molecule has 3 rings (SSSR count). The van der Waals surface area contributed by atoms with E-state index in [2.05, 4.69) is 10.0 Å². The normalized spacial score (nSPS) is 25.0. The Bertz CT molecular complexity index is 722. The summed E-state index contributed by atoms with van der Waals surface area (Å²) in [5.41, 5.74) is 10.8. The minimum absolute atomic E-state index is 0.276. The van der Waals surface area contributed by atoms with Crippen LogP contribution in [0.4, 0.5) is 4.39 Å². The minimum atomic E-state index is -1.22. The molecule has 26 heavy (non-hydrogen) atoms. The van der Waals surface area contributed by atoms with E-state index in [-0.39, 0.29) is 12.5 Å². The molecule has 5 nitrogen and oxygen atoms in total. The van der Waals surface area contributed by atoms with Gasteiger partial charge in [-0.2, -0.15) is 0 Å². The number of rotatable bonds is 8. The van der Waals surface area contributed by atoms with Crippen LogP contribution in [-0.4, -0.2) is 24.9 Å². The van der Waals surface area contributed by atoms with Gasteiger partial charge in [0.2, 0.25) is 0 Å². The quantitative estimate of drug-likeness (QED) is 0.387. The Kier molecular flexibility index (Phi) is 6.61. The third-order valence-electron chi connectivity index (χ3n) is 4.62. The summed E-state index contributed by atoms with van der Waals surface area (Å²) >= 11 is 0. The van der Waals surface area contributed by atoms with Gasteiger partial charge in [-0.15, -0.1) is 0 Å². The second-order valence-electron chi connectivity index (χ2n) is 6.47. The van der Waals surface area contributed by atoms with Crippen molar-refractivity contribution in [1.29, 1.82) is 0 Å². The van der Waals surface area contributed by atoms with Gasteiger partial charge in [-0.1, -0.05) is 65.8 Å². The van der Waals surface area contributed by atoms with Crippen LogP contribution in [-0.2, 0) is 22.7 Å². The van der Waals surface area contributed by atoms with Gasteiger partial charge in [0, 0.05) is 10.8 Å². The predicted octanol–water partition coefficient (Wildman–Crippen LogP) is 4.83. The highest BCUT2D eigenvalue weighted by Crippen LogP contribution is 2.34. The second-order valence-corrected chi connectivity index (χ2v) is 6.47. The molecule has 1 fully saturated rings. The van der Waals surface area contributed by atoms with Crippen LogP contribution < -0.4 is 0 Å². The molecule has 0 saturated heterocycles. The van der Waals surface area contributed by atoms with Gasteiger partial charge < -0.3 is 9.47 Å². The van der Waals surface area contributed by atoms with Crippen LogP contribution in [0.5, 0.6) is 0 Å². The molecule has 1 aliphatic rings. The van der Waals surface area contributed by atoms with E-state index in [9.17, 15) is 4.39 Å². The Hall–Kier alpha value is -2.40. The highest BCUT2D eigenvalue weighted by Gasteiger charge is 2.44. The van der Waals surface area contributed by atoms with Gasteiger partial charge in [-0.25, -0.2) is 4.39 Å². The van der Waals surface area contributed by atoms with Crippen molar-refractivity contribution in [1.82, 2.24) is 0 Å². The molecule has 0 aromatic heterocycles. The van der Waals surface area contributed by atoms with E-state index < -0.39 is 18.3 Å². The number of hydrogen-bond donors (Lipinski definition) is 0.